The summed E-state index contributed by atoms with van der Waals surface area (Å²) >= 11 is 1.23. The molecule has 7 heteroatoms. The maximum atomic E-state index is 12.9. The van der Waals surface area contributed by atoms with E-state index in [1.807, 2.05) is 0 Å². The van der Waals surface area contributed by atoms with Crippen LogP contribution in [0.15, 0.2) is 57.2 Å². The molecule has 0 fully saturated rings. The van der Waals surface area contributed by atoms with Gasteiger partial charge in [-0.2, -0.15) is 0 Å². The second-order valence-corrected chi connectivity index (χ2v) is 6.94. The molecule has 106 valence electrons. The van der Waals surface area contributed by atoms with Gasteiger partial charge in [-0.25, -0.2) is 17.5 Å². The lowest BCUT2D eigenvalue weighted by atomic mass is 10.3. The summed E-state index contributed by atoms with van der Waals surface area (Å²) in [6, 6.07) is 10.5. The lowest BCUT2D eigenvalue weighted by molar-refractivity contribution is 0.586. The van der Waals surface area contributed by atoms with Crippen molar-refractivity contribution in [3.05, 3.63) is 48.3 Å². The molecule has 0 aromatic heterocycles. The number of nitrogens with two attached hydrogens (primary N) is 1. The smallest absolute Gasteiger partial charge is 0.241 e. The zero-order valence-electron chi connectivity index (χ0n) is 10.6. The Hall–Kier alpha value is -1.57. The van der Waals surface area contributed by atoms with Gasteiger partial charge in [-0.1, -0.05) is 11.8 Å². The fourth-order valence-corrected chi connectivity index (χ4v) is 3.68. The van der Waals surface area contributed by atoms with Crippen LogP contribution >= 0.6 is 11.8 Å². The molecule has 0 aliphatic rings. The summed E-state index contributed by atoms with van der Waals surface area (Å²) in [5.41, 5.74) is 6.00. The molecule has 0 saturated carbocycles. The molecule has 0 radical (unpaired) electrons. The summed E-state index contributed by atoms with van der Waals surface area (Å²) in [6.07, 6.45) is 0. The van der Waals surface area contributed by atoms with Crippen LogP contribution in [-0.4, -0.2) is 15.5 Å². The van der Waals surface area contributed by atoms with Crippen molar-refractivity contribution in [3.63, 3.8) is 0 Å². The number of benzene rings is 2. The van der Waals surface area contributed by atoms with Gasteiger partial charge in [0.2, 0.25) is 10.0 Å². The topological polar surface area (TPSA) is 72.2 Å². The van der Waals surface area contributed by atoms with Crippen LogP contribution in [0.25, 0.3) is 0 Å². The van der Waals surface area contributed by atoms with E-state index in [0.29, 0.717) is 10.6 Å². The van der Waals surface area contributed by atoms with Crippen LogP contribution in [0.5, 0.6) is 0 Å². The van der Waals surface area contributed by atoms with E-state index in [1.54, 1.807) is 24.3 Å². The summed E-state index contributed by atoms with van der Waals surface area (Å²) in [5.74, 6) is -0.338. The number of halogens is 1. The van der Waals surface area contributed by atoms with Gasteiger partial charge >= 0.3 is 0 Å². The second kappa shape index (κ2) is 5.82. The van der Waals surface area contributed by atoms with Crippen molar-refractivity contribution in [2.45, 2.75) is 14.7 Å². The van der Waals surface area contributed by atoms with Crippen molar-refractivity contribution in [2.75, 3.05) is 12.8 Å². The van der Waals surface area contributed by atoms with Crippen LogP contribution in [0.2, 0.25) is 0 Å². The SMILES string of the molecule is CNS(=O)(=O)c1cc(N)ccc1Sc1ccc(F)cc1. The summed E-state index contributed by atoms with van der Waals surface area (Å²) in [7, 11) is -2.27. The number of nitrogens with one attached hydrogen (secondary N) is 1. The molecule has 0 unspecified atom stereocenters. The molecule has 0 bridgehead atoms. The predicted octanol–water partition coefficient (Wildman–Crippen LogP) is 2.47. The Morgan fingerprint density at radius 3 is 2.40 bits per heavy atom. The lowest BCUT2D eigenvalue weighted by Crippen LogP contribution is -2.19. The fourth-order valence-electron chi connectivity index (χ4n) is 1.56. The van der Waals surface area contributed by atoms with Crippen molar-refractivity contribution in [1.29, 1.82) is 0 Å². The minimum absolute atomic E-state index is 0.106. The molecule has 3 N–H and O–H groups in total. The Labute approximate surface area is 121 Å². The number of hydrogen-bond donors (Lipinski definition) is 2. The van der Waals surface area contributed by atoms with E-state index in [-0.39, 0.29) is 10.7 Å². The Morgan fingerprint density at radius 1 is 1.15 bits per heavy atom. The summed E-state index contributed by atoms with van der Waals surface area (Å²) < 4.78 is 39.1. The molecule has 2 aromatic rings. The second-order valence-electron chi connectivity index (χ2n) is 3.97. The van der Waals surface area contributed by atoms with Crippen molar-refractivity contribution in [2.24, 2.45) is 0 Å². The number of rotatable bonds is 4. The first-order valence-corrected chi connectivity index (χ1v) is 7.99. The highest BCUT2D eigenvalue weighted by molar-refractivity contribution is 8.00. The van der Waals surface area contributed by atoms with Gasteiger partial charge in [-0.05, 0) is 49.5 Å². The lowest BCUT2D eigenvalue weighted by Gasteiger charge is -2.10. The molecule has 0 saturated heterocycles. The van der Waals surface area contributed by atoms with E-state index >= 15 is 0 Å². The maximum absolute atomic E-state index is 12.9. The van der Waals surface area contributed by atoms with Gasteiger partial charge in [-0.15, -0.1) is 0 Å². The molecular formula is C13H13FN2O2S2. The summed E-state index contributed by atoms with van der Waals surface area (Å²) in [6.45, 7) is 0. The summed E-state index contributed by atoms with van der Waals surface area (Å²) in [4.78, 5) is 1.37. The molecule has 4 nitrogen and oxygen atoms in total. The normalized spacial score (nSPS) is 11.5. The van der Waals surface area contributed by atoms with Crippen LogP contribution in [-0.2, 0) is 10.0 Å². The zero-order chi connectivity index (χ0) is 14.8. The monoisotopic (exact) mass is 312 g/mol. The van der Waals surface area contributed by atoms with Crippen LogP contribution in [0, 0.1) is 5.82 Å². The van der Waals surface area contributed by atoms with Gasteiger partial charge < -0.3 is 5.73 Å². The number of anilines is 1. The molecular weight excluding hydrogens is 299 g/mol. The maximum Gasteiger partial charge on any atom is 0.241 e. The van der Waals surface area contributed by atoms with E-state index in [0.717, 1.165) is 4.90 Å². The third kappa shape index (κ3) is 3.30. The van der Waals surface area contributed by atoms with Crippen molar-refractivity contribution >= 4 is 27.5 Å². The molecule has 0 spiro atoms. The van der Waals surface area contributed by atoms with Gasteiger partial charge in [0, 0.05) is 15.5 Å². The first-order chi connectivity index (χ1) is 9.42. The molecule has 0 aliphatic carbocycles. The van der Waals surface area contributed by atoms with E-state index in [4.69, 9.17) is 5.73 Å². The Kier molecular flexibility index (Phi) is 4.32. The van der Waals surface area contributed by atoms with E-state index in [9.17, 15) is 12.8 Å². The average Bonchev–Trinajstić information content (AvgIpc) is 2.43. The molecule has 0 atom stereocenters. The minimum Gasteiger partial charge on any atom is -0.399 e. The van der Waals surface area contributed by atoms with Gasteiger partial charge in [0.1, 0.15) is 5.82 Å². The highest BCUT2D eigenvalue weighted by Gasteiger charge is 2.17. The first kappa shape index (κ1) is 14.8. The van der Waals surface area contributed by atoms with E-state index in [1.165, 1.54) is 37.0 Å². The zero-order valence-corrected chi connectivity index (χ0v) is 12.3. The fraction of sp³-hybridized carbons (Fsp3) is 0.0769. The Bertz CT molecular complexity index is 716. The van der Waals surface area contributed by atoms with Crippen LogP contribution in [0.4, 0.5) is 10.1 Å². The third-order valence-electron chi connectivity index (χ3n) is 2.57. The van der Waals surface area contributed by atoms with Gasteiger partial charge in [-0.3, -0.25) is 0 Å². The summed E-state index contributed by atoms with van der Waals surface area (Å²) in [5, 5.41) is 0. The first-order valence-electron chi connectivity index (χ1n) is 5.69. The standard InChI is InChI=1S/C13H13FN2O2S2/c1-16-20(17,18)13-8-10(15)4-7-12(13)19-11-5-2-9(14)3-6-11/h2-8,16H,15H2,1H3. The van der Waals surface area contributed by atoms with Crippen LogP contribution in [0.3, 0.4) is 0 Å². The molecule has 20 heavy (non-hydrogen) atoms. The molecule has 0 heterocycles. The number of sulfonamides is 1. The van der Waals surface area contributed by atoms with E-state index < -0.39 is 10.0 Å². The molecule has 2 rings (SSSR count). The molecule has 0 amide bonds. The quantitative estimate of drug-likeness (QED) is 0.851. The largest absolute Gasteiger partial charge is 0.399 e. The average molecular weight is 312 g/mol. The van der Waals surface area contributed by atoms with Gasteiger partial charge in [0.05, 0.1) is 4.90 Å². The highest BCUT2D eigenvalue weighted by Crippen LogP contribution is 2.33. The third-order valence-corrected chi connectivity index (χ3v) is 5.23. The Balaban J connectivity index is 2.44. The van der Waals surface area contributed by atoms with Gasteiger partial charge in [0.15, 0.2) is 0 Å². The highest BCUT2D eigenvalue weighted by atomic mass is 32.2. The Morgan fingerprint density at radius 2 is 1.80 bits per heavy atom. The van der Waals surface area contributed by atoms with Gasteiger partial charge in [0.25, 0.3) is 0 Å². The van der Waals surface area contributed by atoms with Crippen LogP contribution in [0.1, 0.15) is 0 Å². The molecule has 2 aromatic carbocycles. The van der Waals surface area contributed by atoms with Crippen LogP contribution < -0.4 is 10.5 Å². The minimum atomic E-state index is -3.60. The van der Waals surface area contributed by atoms with E-state index in [2.05, 4.69) is 4.72 Å². The number of nitrogen functional groups attached to an aromatic ring is 1. The number of hydrogen-bond acceptors (Lipinski definition) is 4. The van der Waals surface area contributed by atoms with Crippen molar-refractivity contribution in [3.8, 4) is 0 Å². The molecule has 0 aliphatic heterocycles. The predicted molar refractivity (Wildman–Crippen MR) is 77.6 cm³/mol. The van der Waals surface area contributed by atoms with Crippen molar-refractivity contribution < 1.29 is 12.8 Å². The van der Waals surface area contributed by atoms with Crippen molar-refractivity contribution in [1.82, 2.24) is 4.72 Å².